The number of rotatable bonds is 2. The van der Waals surface area contributed by atoms with Gasteiger partial charge in [-0.05, 0) is 59.8 Å². The second kappa shape index (κ2) is 5.53. The zero-order valence-electron chi connectivity index (χ0n) is 10.9. The molecule has 1 aromatic heterocycles. The number of alkyl halides is 1. The highest BCUT2D eigenvalue weighted by Crippen LogP contribution is 2.30. The molecule has 0 saturated carbocycles. The lowest BCUT2D eigenvalue weighted by Crippen LogP contribution is -2.04. The fraction of sp³-hybridized carbons (Fsp3) is 0.133. The van der Waals surface area contributed by atoms with Crippen LogP contribution >= 0.6 is 34.2 Å². The maximum absolute atomic E-state index is 14.1. The number of benzene rings is 2. The Hall–Kier alpha value is -1.21. The molecule has 0 amide bonds. The molecule has 1 unspecified atom stereocenters. The minimum Gasteiger partial charge on any atom is -0.292 e. The van der Waals surface area contributed by atoms with Gasteiger partial charge in [0.15, 0.2) is 0 Å². The van der Waals surface area contributed by atoms with Crippen molar-refractivity contribution in [2.24, 2.45) is 0 Å². The van der Waals surface area contributed by atoms with Gasteiger partial charge in [0, 0.05) is 9.64 Å². The van der Waals surface area contributed by atoms with Crippen LogP contribution in [0.1, 0.15) is 18.1 Å². The molecule has 0 N–H and O–H groups in total. The molecular formula is C15H10ClF2IN2. The zero-order valence-corrected chi connectivity index (χ0v) is 13.9. The van der Waals surface area contributed by atoms with Gasteiger partial charge >= 0.3 is 0 Å². The average molecular weight is 419 g/mol. The summed E-state index contributed by atoms with van der Waals surface area (Å²) in [4.78, 5) is 4.48. The van der Waals surface area contributed by atoms with Crippen molar-refractivity contribution in [3.63, 3.8) is 0 Å². The van der Waals surface area contributed by atoms with Crippen LogP contribution in [0, 0.1) is 15.2 Å². The average Bonchev–Trinajstić information content (AvgIpc) is 2.77. The van der Waals surface area contributed by atoms with Crippen LogP contribution in [0.25, 0.3) is 16.7 Å². The van der Waals surface area contributed by atoms with E-state index in [1.165, 1.54) is 12.1 Å². The van der Waals surface area contributed by atoms with Gasteiger partial charge in [-0.1, -0.05) is 0 Å². The van der Waals surface area contributed by atoms with E-state index in [0.717, 1.165) is 20.7 Å². The van der Waals surface area contributed by atoms with Crippen LogP contribution < -0.4 is 0 Å². The van der Waals surface area contributed by atoms with E-state index in [4.69, 9.17) is 11.6 Å². The molecule has 0 fully saturated rings. The zero-order chi connectivity index (χ0) is 15.1. The van der Waals surface area contributed by atoms with Gasteiger partial charge in [-0.2, -0.15) is 0 Å². The van der Waals surface area contributed by atoms with Crippen molar-refractivity contribution in [2.75, 3.05) is 0 Å². The minimum absolute atomic E-state index is 0.239. The number of imidazole rings is 1. The first-order valence-corrected chi connectivity index (χ1v) is 7.76. The molecular weight excluding hydrogens is 409 g/mol. The summed E-state index contributed by atoms with van der Waals surface area (Å²) in [5.41, 5.74) is 1.71. The number of nitrogens with zero attached hydrogens (tertiary/aromatic N) is 2. The summed E-state index contributed by atoms with van der Waals surface area (Å²) < 4.78 is 29.9. The quantitative estimate of drug-likeness (QED) is 0.413. The van der Waals surface area contributed by atoms with Gasteiger partial charge in [0.1, 0.15) is 17.5 Å². The highest BCUT2D eigenvalue weighted by atomic mass is 127. The summed E-state index contributed by atoms with van der Waals surface area (Å²) in [6, 6.07) is 9.14. The molecule has 108 valence electrons. The van der Waals surface area contributed by atoms with E-state index >= 15 is 0 Å². The van der Waals surface area contributed by atoms with Gasteiger partial charge in [0.05, 0.1) is 22.1 Å². The molecule has 3 rings (SSSR count). The lowest BCUT2D eigenvalue weighted by Gasteiger charge is -2.11. The third-order valence-electron chi connectivity index (χ3n) is 3.15. The topological polar surface area (TPSA) is 17.8 Å². The SMILES string of the molecule is CC(Cl)c1nc2cc(I)ccc2n1-c1ccc(F)cc1F. The van der Waals surface area contributed by atoms with Crippen LogP contribution in [-0.4, -0.2) is 9.55 Å². The van der Waals surface area contributed by atoms with E-state index in [1.807, 2.05) is 18.2 Å². The third-order valence-corrected chi connectivity index (χ3v) is 4.02. The first-order valence-electron chi connectivity index (χ1n) is 6.25. The van der Waals surface area contributed by atoms with Crippen molar-refractivity contribution >= 4 is 45.2 Å². The molecule has 0 saturated heterocycles. The molecule has 2 nitrogen and oxygen atoms in total. The van der Waals surface area contributed by atoms with Crippen LogP contribution in [0.5, 0.6) is 0 Å². The van der Waals surface area contributed by atoms with Crippen molar-refractivity contribution in [3.8, 4) is 5.69 Å². The largest absolute Gasteiger partial charge is 0.292 e. The standard InChI is InChI=1S/C15H10ClF2IN2/c1-8(16)15-20-12-7-10(19)3-5-14(12)21(15)13-4-2-9(17)6-11(13)18/h2-8H,1H3. The summed E-state index contributed by atoms with van der Waals surface area (Å²) in [5, 5.41) is -0.403. The lowest BCUT2D eigenvalue weighted by molar-refractivity contribution is 0.577. The van der Waals surface area contributed by atoms with Gasteiger partial charge in [-0.25, -0.2) is 13.8 Å². The summed E-state index contributed by atoms with van der Waals surface area (Å²) >= 11 is 8.36. The molecule has 0 bridgehead atoms. The molecule has 3 aromatic rings. The van der Waals surface area contributed by atoms with Gasteiger partial charge < -0.3 is 0 Å². The van der Waals surface area contributed by atoms with E-state index in [1.54, 1.807) is 11.5 Å². The van der Waals surface area contributed by atoms with Gasteiger partial charge in [-0.3, -0.25) is 4.57 Å². The number of fused-ring (bicyclic) bond motifs is 1. The van der Waals surface area contributed by atoms with Crippen LogP contribution in [0.15, 0.2) is 36.4 Å². The summed E-state index contributed by atoms with van der Waals surface area (Å²) in [6.45, 7) is 1.77. The van der Waals surface area contributed by atoms with Crippen molar-refractivity contribution in [3.05, 3.63) is 57.4 Å². The Bertz CT molecular complexity index is 830. The maximum atomic E-state index is 14.1. The molecule has 1 atom stereocenters. The van der Waals surface area contributed by atoms with E-state index in [0.29, 0.717) is 5.82 Å². The van der Waals surface area contributed by atoms with Crippen molar-refractivity contribution in [1.82, 2.24) is 9.55 Å². The molecule has 6 heteroatoms. The van der Waals surface area contributed by atoms with Crippen LogP contribution in [0.2, 0.25) is 0 Å². The van der Waals surface area contributed by atoms with E-state index in [-0.39, 0.29) is 5.69 Å². The normalized spacial score (nSPS) is 12.8. The highest BCUT2D eigenvalue weighted by molar-refractivity contribution is 14.1. The second-order valence-corrected chi connectivity index (χ2v) is 6.55. The Balaban J connectivity index is 2.36. The summed E-state index contributed by atoms with van der Waals surface area (Å²) in [7, 11) is 0. The van der Waals surface area contributed by atoms with Crippen molar-refractivity contribution < 1.29 is 8.78 Å². The third kappa shape index (κ3) is 2.64. The molecule has 0 spiro atoms. The number of halogens is 4. The fourth-order valence-corrected chi connectivity index (χ4v) is 2.88. The fourth-order valence-electron chi connectivity index (χ4n) is 2.25. The monoisotopic (exact) mass is 418 g/mol. The molecule has 0 aliphatic heterocycles. The predicted octanol–water partition coefficient (Wildman–Crippen LogP) is 5.21. The van der Waals surface area contributed by atoms with Gasteiger partial charge in [0.25, 0.3) is 0 Å². The van der Waals surface area contributed by atoms with Crippen molar-refractivity contribution in [2.45, 2.75) is 12.3 Å². The first-order chi connectivity index (χ1) is 9.97. The molecule has 2 aromatic carbocycles. The molecule has 21 heavy (non-hydrogen) atoms. The summed E-state index contributed by atoms with van der Waals surface area (Å²) in [5.74, 6) is -0.735. The maximum Gasteiger partial charge on any atom is 0.150 e. The lowest BCUT2D eigenvalue weighted by atomic mass is 10.2. The first kappa shape index (κ1) is 14.7. The van der Waals surface area contributed by atoms with Crippen molar-refractivity contribution in [1.29, 1.82) is 0 Å². The molecule has 1 heterocycles. The van der Waals surface area contributed by atoms with Crippen LogP contribution in [0.3, 0.4) is 0 Å². The Morgan fingerprint density at radius 2 is 1.95 bits per heavy atom. The number of hydrogen-bond donors (Lipinski definition) is 0. The Labute approximate surface area is 138 Å². The van der Waals surface area contributed by atoms with E-state index in [9.17, 15) is 8.78 Å². The predicted molar refractivity (Wildman–Crippen MR) is 88.0 cm³/mol. The number of aromatic nitrogens is 2. The Morgan fingerprint density at radius 3 is 2.62 bits per heavy atom. The molecule has 0 aliphatic rings. The Morgan fingerprint density at radius 1 is 1.19 bits per heavy atom. The second-order valence-electron chi connectivity index (χ2n) is 4.65. The Kier molecular flexibility index (Phi) is 3.88. The van der Waals surface area contributed by atoms with Crippen LogP contribution in [-0.2, 0) is 0 Å². The van der Waals surface area contributed by atoms with E-state index < -0.39 is 17.0 Å². The highest BCUT2D eigenvalue weighted by Gasteiger charge is 2.19. The van der Waals surface area contributed by atoms with Crippen LogP contribution in [0.4, 0.5) is 8.78 Å². The van der Waals surface area contributed by atoms with E-state index in [2.05, 4.69) is 27.6 Å². The molecule has 0 aliphatic carbocycles. The molecule has 0 radical (unpaired) electrons. The smallest absolute Gasteiger partial charge is 0.150 e. The number of hydrogen-bond acceptors (Lipinski definition) is 1. The minimum atomic E-state index is -0.647. The summed E-state index contributed by atoms with van der Waals surface area (Å²) in [6.07, 6.45) is 0. The van der Waals surface area contributed by atoms with Gasteiger partial charge in [0.2, 0.25) is 0 Å². The van der Waals surface area contributed by atoms with Gasteiger partial charge in [-0.15, -0.1) is 11.6 Å².